The minimum absolute atomic E-state index is 0.979. The highest BCUT2D eigenvalue weighted by Gasteiger charge is 2.19. The van der Waals surface area contributed by atoms with Gasteiger partial charge in [-0.05, 0) is 10.6 Å². The fraction of sp³-hybridized carbons (Fsp3) is 0.0714. The van der Waals surface area contributed by atoms with Gasteiger partial charge >= 0.3 is 5.97 Å². The van der Waals surface area contributed by atoms with E-state index in [1.807, 2.05) is 60.7 Å². The summed E-state index contributed by atoms with van der Waals surface area (Å²) in [6.07, 6.45) is 0. The van der Waals surface area contributed by atoms with Crippen molar-refractivity contribution in [2.45, 2.75) is 5.94 Å². The van der Waals surface area contributed by atoms with Gasteiger partial charge in [-0.25, -0.2) is 0 Å². The molecule has 2 rings (SSSR count). The zero-order chi connectivity index (χ0) is 13.7. The average Bonchev–Trinajstić information content (AvgIpc) is 2.46. The number of hydrogen-bond acceptors (Lipinski definition) is 2. The van der Waals surface area contributed by atoms with E-state index >= 15 is 0 Å². The van der Waals surface area contributed by atoms with Gasteiger partial charge in [-0.15, -0.1) is 0 Å². The van der Waals surface area contributed by atoms with Crippen molar-refractivity contribution >= 4 is 32.5 Å². The van der Waals surface area contributed by atoms with Crippen LogP contribution in [0.5, 0.6) is 0 Å². The van der Waals surface area contributed by atoms with Crippen LogP contribution < -0.4 is 15.7 Å². The molecule has 2 aromatic carbocycles. The highest BCUT2D eigenvalue weighted by atomic mass is 31.1. The van der Waals surface area contributed by atoms with Crippen molar-refractivity contribution in [1.82, 2.24) is 5.09 Å². The summed E-state index contributed by atoms with van der Waals surface area (Å²) in [5.41, 5.74) is 0. The van der Waals surface area contributed by atoms with Gasteiger partial charge in [0.05, 0.1) is 5.94 Å². The van der Waals surface area contributed by atoms with Crippen molar-refractivity contribution in [3.8, 4) is 0 Å². The van der Waals surface area contributed by atoms with Gasteiger partial charge in [0, 0.05) is 8.07 Å². The van der Waals surface area contributed by atoms with E-state index in [1.165, 1.54) is 0 Å². The van der Waals surface area contributed by atoms with Crippen LogP contribution in [0, 0.1) is 0 Å². The molecule has 0 saturated heterocycles. The molecule has 0 aliphatic heterocycles. The first-order valence-corrected chi connectivity index (χ1v) is 7.17. The Labute approximate surface area is 114 Å². The molecule has 0 fully saturated rings. The van der Waals surface area contributed by atoms with Crippen molar-refractivity contribution in [2.24, 2.45) is 0 Å². The Morgan fingerprint density at radius 3 is 1.79 bits per heavy atom. The Morgan fingerprint density at radius 1 is 1.00 bits per heavy atom. The molecular weight excluding hydrogens is 256 g/mol. The third kappa shape index (κ3) is 3.66. The van der Waals surface area contributed by atoms with Gasteiger partial charge in [0.2, 0.25) is 0 Å². The number of rotatable bonds is 5. The maximum Gasteiger partial charge on any atom is 0.311 e. The molecule has 19 heavy (non-hydrogen) atoms. The van der Waals surface area contributed by atoms with E-state index in [-0.39, 0.29) is 0 Å². The molecule has 2 aromatic rings. The van der Waals surface area contributed by atoms with Crippen molar-refractivity contribution in [2.75, 3.05) is 0 Å². The third-order valence-corrected chi connectivity index (χ3v) is 4.73. The monoisotopic (exact) mass is 269 g/mol. The topological polar surface area (TPSA) is 49.3 Å². The van der Waals surface area contributed by atoms with E-state index in [9.17, 15) is 4.79 Å². The second kappa shape index (κ2) is 6.51. The molecule has 3 nitrogen and oxygen atoms in total. The van der Waals surface area contributed by atoms with Crippen LogP contribution in [0.15, 0.2) is 60.7 Å². The number of aliphatic carboxylic acids is 1. The van der Waals surface area contributed by atoms with Crippen molar-refractivity contribution in [3.63, 3.8) is 0 Å². The molecule has 0 aliphatic rings. The van der Waals surface area contributed by atoms with E-state index in [4.69, 9.17) is 13.0 Å². The summed E-state index contributed by atoms with van der Waals surface area (Å²) in [5, 5.41) is 14.0. The standard InChI is InChI=1S/C14H13BNO2P/c15-13(14(17)18)16-19(11-7-3-1-4-8-11)12-9-5-2-6-10-12/h1-10,13,16H,(H,17,18). The first kappa shape index (κ1) is 13.8. The second-order valence-electron chi connectivity index (χ2n) is 3.95. The number of carbonyl (C=O) groups is 1. The summed E-state index contributed by atoms with van der Waals surface area (Å²) >= 11 is 0. The Kier molecular flexibility index (Phi) is 4.72. The lowest BCUT2D eigenvalue weighted by Gasteiger charge is -2.22. The van der Waals surface area contributed by atoms with E-state index in [2.05, 4.69) is 5.09 Å². The lowest BCUT2D eigenvalue weighted by molar-refractivity contribution is -0.136. The fourth-order valence-electron chi connectivity index (χ4n) is 1.65. The van der Waals surface area contributed by atoms with Crippen LogP contribution >= 0.6 is 8.07 Å². The third-order valence-electron chi connectivity index (χ3n) is 2.56. The summed E-state index contributed by atoms with van der Waals surface area (Å²) in [5.74, 6) is -2.13. The van der Waals surface area contributed by atoms with E-state index < -0.39 is 20.0 Å². The lowest BCUT2D eigenvalue weighted by Crippen LogP contribution is -2.38. The van der Waals surface area contributed by atoms with Gasteiger partial charge in [0.25, 0.3) is 0 Å². The van der Waals surface area contributed by atoms with Crippen LogP contribution in [-0.2, 0) is 4.79 Å². The first-order valence-electron chi connectivity index (χ1n) is 5.83. The minimum Gasteiger partial charge on any atom is -0.481 e. The zero-order valence-corrected chi connectivity index (χ0v) is 11.1. The Balaban J connectivity index is 2.32. The summed E-state index contributed by atoms with van der Waals surface area (Å²) in [6.45, 7) is 0. The molecule has 1 atom stereocenters. The van der Waals surface area contributed by atoms with Crippen LogP contribution in [0.2, 0.25) is 0 Å². The van der Waals surface area contributed by atoms with Crippen LogP contribution in [0.4, 0.5) is 0 Å². The smallest absolute Gasteiger partial charge is 0.311 e. The summed E-state index contributed by atoms with van der Waals surface area (Å²) in [6, 6.07) is 19.5. The van der Waals surface area contributed by atoms with Gasteiger partial charge in [0.1, 0.15) is 7.85 Å². The molecule has 2 N–H and O–H groups in total. The minimum atomic E-state index is -1.08. The molecule has 5 heteroatoms. The molecule has 0 aliphatic carbocycles. The maximum atomic E-state index is 10.9. The van der Waals surface area contributed by atoms with Crippen LogP contribution in [-0.4, -0.2) is 24.9 Å². The Morgan fingerprint density at radius 2 is 1.42 bits per heavy atom. The number of carboxylic acid groups (broad SMARTS) is 1. The van der Waals surface area contributed by atoms with Crippen LogP contribution in [0.25, 0.3) is 0 Å². The molecule has 0 saturated carbocycles. The van der Waals surface area contributed by atoms with Gasteiger partial charge in [-0.2, -0.15) is 0 Å². The Bertz CT molecular complexity index is 496. The van der Waals surface area contributed by atoms with Crippen LogP contribution in [0.1, 0.15) is 0 Å². The van der Waals surface area contributed by atoms with E-state index in [1.54, 1.807) is 0 Å². The van der Waals surface area contributed by atoms with Gasteiger partial charge in [0.15, 0.2) is 0 Å². The quantitative estimate of drug-likeness (QED) is 0.633. The molecule has 0 spiro atoms. The number of carboxylic acids is 1. The van der Waals surface area contributed by atoms with Crippen molar-refractivity contribution in [3.05, 3.63) is 60.7 Å². The molecule has 0 amide bonds. The van der Waals surface area contributed by atoms with Gasteiger partial charge in [-0.3, -0.25) is 9.88 Å². The molecule has 94 valence electrons. The number of hydrogen-bond donors (Lipinski definition) is 2. The summed E-state index contributed by atoms with van der Waals surface area (Å²) < 4.78 is 0. The largest absolute Gasteiger partial charge is 0.481 e. The molecular formula is C14H13BNO2P. The molecule has 0 aromatic heterocycles. The number of nitrogens with one attached hydrogen (secondary N) is 1. The van der Waals surface area contributed by atoms with Crippen LogP contribution in [0.3, 0.4) is 0 Å². The molecule has 0 heterocycles. The van der Waals surface area contributed by atoms with Crippen molar-refractivity contribution < 1.29 is 9.90 Å². The molecule has 2 radical (unpaired) electrons. The highest BCUT2D eigenvalue weighted by molar-refractivity contribution is 7.71. The summed E-state index contributed by atoms with van der Waals surface area (Å²) in [4.78, 5) is 10.9. The predicted molar refractivity (Wildman–Crippen MR) is 79.4 cm³/mol. The van der Waals surface area contributed by atoms with E-state index in [0.717, 1.165) is 10.6 Å². The Hall–Kier alpha value is -1.64. The first-order chi connectivity index (χ1) is 9.18. The number of benzene rings is 2. The van der Waals surface area contributed by atoms with Gasteiger partial charge in [-0.1, -0.05) is 60.7 Å². The summed E-state index contributed by atoms with van der Waals surface area (Å²) in [7, 11) is 4.62. The van der Waals surface area contributed by atoms with Gasteiger partial charge < -0.3 is 5.11 Å². The maximum absolute atomic E-state index is 10.9. The van der Waals surface area contributed by atoms with Crippen molar-refractivity contribution in [1.29, 1.82) is 0 Å². The fourth-order valence-corrected chi connectivity index (χ4v) is 3.57. The predicted octanol–water partition coefficient (Wildman–Crippen LogP) is 1.20. The molecule has 0 bridgehead atoms. The van der Waals surface area contributed by atoms with E-state index in [0.29, 0.717) is 0 Å². The highest BCUT2D eigenvalue weighted by Crippen LogP contribution is 2.28. The normalized spacial score (nSPS) is 12.3. The zero-order valence-electron chi connectivity index (χ0n) is 10.2. The average molecular weight is 269 g/mol. The lowest BCUT2D eigenvalue weighted by atomic mass is 9.99. The SMILES string of the molecule is [B]C(NP(c1ccccc1)c1ccccc1)C(=O)O. The molecule has 1 unspecified atom stereocenters. The second-order valence-corrected chi connectivity index (χ2v) is 5.91.